The Bertz CT molecular complexity index is 675. The fraction of sp³-hybridized carbons (Fsp3) is 0.214. The first kappa shape index (κ1) is 16.9. The summed E-state index contributed by atoms with van der Waals surface area (Å²) in [5.41, 5.74) is 1.87. The maximum atomic E-state index is 11.1. The lowest BCUT2D eigenvalue weighted by atomic mass is 10.1. The van der Waals surface area contributed by atoms with Crippen molar-refractivity contribution in [1.82, 2.24) is 4.47 Å². The van der Waals surface area contributed by atoms with Crippen molar-refractivity contribution in [1.29, 1.82) is 0 Å². The minimum absolute atomic E-state index is 0.0193. The fourth-order valence-electron chi connectivity index (χ4n) is 1.42. The van der Waals surface area contributed by atoms with Crippen LogP contribution in [0.5, 0.6) is 0 Å². The number of rotatable bonds is 5. The number of benzene rings is 1. The predicted octanol–water partition coefficient (Wildman–Crippen LogP) is 2.52. The van der Waals surface area contributed by atoms with Crippen molar-refractivity contribution in [2.75, 3.05) is 6.26 Å². The van der Waals surface area contributed by atoms with E-state index in [1.165, 1.54) is 6.92 Å². The quantitative estimate of drug-likeness (QED) is 0.392. The van der Waals surface area contributed by atoms with Crippen LogP contribution < -0.4 is 0 Å². The van der Waals surface area contributed by atoms with E-state index >= 15 is 0 Å². The minimum Gasteiger partial charge on any atom is -0.443 e. The van der Waals surface area contributed by atoms with E-state index in [0.29, 0.717) is 5.76 Å². The molecule has 1 rings (SSSR count). The first-order valence-corrected chi connectivity index (χ1v) is 7.83. The van der Waals surface area contributed by atoms with Gasteiger partial charge < -0.3 is 4.74 Å². The average Bonchev–Trinajstić information content (AvgIpc) is 2.37. The molecule has 0 saturated heterocycles. The molecule has 0 aromatic heterocycles. The van der Waals surface area contributed by atoms with Gasteiger partial charge in [0, 0.05) is 12.5 Å². The molecule has 0 fully saturated rings. The molecule has 114 valence electrons. The summed E-state index contributed by atoms with van der Waals surface area (Å²) in [7, 11) is -3.83. The van der Waals surface area contributed by atoms with Gasteiger partial charge in [-0.1, -0.05) is 43.0 Å². The summed E-state index contributed by atoms with van der Waals surface area (Å²) in [6.45, 7) is 10.6. The Morgan fingerprint density at radius 3 is 2.29 bits per heavy atom. The van der Waals surface area contributed by atoms with Crippen LogP contribution in [0.2, 0.25) is 0 Å². The van der Waals surface area contributed by atoms with Crippen molar-refractivity contribution in [3.05, 3.63) is 54.4 Å². The van der Waals surface area contributed by atoms with E-state index in [1.807, 2.05) is 31.2 Å². The van der Waals surface area contributed by atoms with Gasteiger partial charge in [0.1, 0.15) is 5.76 Å². The Balaban J connectivity index is 2.78. The Labute approximate surface area is 124 Å². The SMILES string of the molecule is C=C(OC(C)=NC(=C)N(O)S(C)(=O)=O)c1ccc(C)cc1. The van der Waals surface area contributed by atoms with Crippen LogP contribution in [0.15, 0.2) is 48.2 Å². The lowest BCUT2D eigenvalue weighted by Crippen LogP contribution is -2.24. The second kappa shape index (κ2) is 6.55. The van der Waals surface area contributed by atoms with Crippen molar-refractivity contribution >= 4 is 21.7 Å². The number of ether oxygens (including phenoxy) is 1. The van der Waals surface area contributed by atoms with E-state index in [4.69, 9.17) is 4.74 Å². The van der Waals surface area contributed by atoms with Crippen molar-refractivity contribution < 1.29 is 18.4 Å². The van der Waals surface area contributed by atoms with Gasteiger partial charge in [-0.15, -0.1) is 4.47 Å². The highest BCUT2D eigenvalue weighted by atomic mass is 32.2. The maximum absolute atomic E-state index is 11.1. The zero-order valence-electron chi connectivity index (χ0n) is 12.2. The molecule has 0 unspecified atom stereocenters. The zero-order valence-corrected chi connectivity index (χ0v) is 13.0. The number of hydroxylamine groups is 1. The molecule has 0 heterocycles. The zero-order chi connectivity index (χ0) is 16.2. The van der Waals surface area contributed by atoms with Crippen molar-refractivity contribution in [2.24, 2.45) is 4.99 Å². The van der Waals surface area contributed by atoms with Crippen LogP contribution in [-0.4, -0.2) is 30.2 Å². The summed E-state index contributed by atoms with van der Waals surface area (Å²) in [4.78, 5) is 3.76. The van der Waals surface area contributed by atoms with Crippen LogP contribution in [0.1, 0.15) is 18.1 Å². The lowest BCUT2D eigenvalue weighted by Gasteiger charge is -2.14. The third-order valence-electron chi connectivity index (χ3n) is 2.47. The fourth-order valence-corrected chi connectivity index (χ4v) is 1.84. The molecule has 1 N–H and O–H groups in total. The van der Waals surface area contributed by atoms with E-state index in [2.05, 4.69) is 18.2 Å². The number of aliphatic imine (C=N–C) groups is 1. The Morgan fingerprint density at radius 1 is 1.29 bits per heavy atom. The third kappa shape index (κ3) is 5.05. The molecule has 0 aliphatic heterocycles. The predicted molar refractivity (Wildman–Crippen MR) is 82.0 cm³/mol. The van der Waals surface area contributed by atoms with E-state index in [1.54, 1.807) is 0 Å². The van der Waals surface area contributed by atoms with Gasteiger partial charge >= 0.3 is 0 Å². The number of hydrogen-bond donors (Lipinski definition) is 1. The van der Waals surface area contributed by atoms with E-state index in [0.717, 1.165) is 17.4 Å². The van der Waals surface area contributed by atoms with Crippen LogP contribution >= 0.6 is 0 Å². The van der Waals surface area contributed by atoms with Crippen LogP contribution in [0.4, 0.5) is 0 Å². The minimum atomic E-state index is -3.83. The largest absolute Gasteiger partial charge is 0.443 e. The van der Waals surface area contributed by atoms with Crippen LogP contribution in [0, 0.1) is 6.92 Å². The molecule has 0 aliphatic carbocycles. The standard InChI is InChI=1S/C14H18N2O4S/c1-10-6-8-14(9-7-10)11(2)20-13(4)15-12(3)16(17)21(5,18)19/h6-9,17H,2-3H2,1,4-5H3. The van der Waals surface area contributed by atoms with E-state index in [9.17, 15) is 13.6 Å². The van der Waals surface area contributed by atoms with Crippen LogP contribution in [-0.2, 0) is 14.8 Å². The van der Waals surface area contributed by atoms with Crippen molar-refractivity contribution in [2.45, 2.75) is 13.8 Å². The summed E-state index contributed by atoms with van der Waals surface area (Å²) in [6.07, 6.45) is 0.828. The molecule has 6 nitrogen and oxygen atoms in total. The van der Waals surface area contributed by atoms with Crippen LogP contribution in [0.25, 0.3) is 5.76 Å². The molecule has 1 aromatic rings. The molecule has 0 aliphatic rings. The summed E-state index contributed by atoms with van der Waals surface area (Å²) in [6, 6.07) is 7.51. The highest BCUT2D eigenvalue weighted by Crippen LogP contribution is 2.16. The van der Waals surface area contributed by atoms with Gasteiger partial charge in [0.2, 0.25) is 0 Å². The van der Waals surface area contributed by atoms with E-state index in [-0.39, 0.29) is 16.2 Å². The second-order valence-corrected chi connectivity index (χ2v) is 6.26. The van der Waals surface area contributed by atoms with Gasteiger partial charge in [0.15, 0.2) is 11.7 Å². The van der Waals surface area contributed by atoms with Gasteiger partial charge in [-0.3, -0.25) is 5.21 Å². The highest BCUT2D eigenvalue weighted by Gasteiger charge is 2.15. The number of nitrogens with zero attached hydrogens (tertiary/aromatic N) is 2. The monoisotopic (exact) mass is 310 g/mol. The second-order valence-electron chi connectivity index (χ2n) is 4.44. The van der Waals surface area contributed by atoms with Crippen molar-refractivity contribution in [3.63, 3.8) is 0 Å². The molecule has 0 radical (unpaired) electrons. The lowest BCUT2D eigenvalue weighted by molar-refractivity contribution is 0.0395. The Hall–Kier alpha value is -2.12. The molecule has 0 atom stereocenters. The molecule has 0 spiro atoms. The maximum Gasteiger partial charge on any atom is 0.255 e. The number of sulfonamides is 1. The first-order valence-electron chi connectivity index (χ1n) is 5.98. The molecule has 7 heteroatoms. The summed E-state index contributed by atoms with van der Waals surface area (Å²) >= 11 is 0. The molecule has 0 saturated carbocycles. The summed E-state index contributed by atoms with van der Waals surface area (Å²) in [5.74, 6) is 0.0906. The van der Waals surface area contributed by atoms with Gasteiger partial charge in [-0.05, 0) is 6.92 Å². The number of aryl methyl sites for hydroxylation is 1. The molecular weight excluding hydrogens is 292 g/mol. The Kier molecular flexibility index (Phi) is 5.28. The number of hydrogen-bond acceptors (Lipinski definition) is 5. The van der Waals surface area contributed by atoms with Gasteiger partial charge in [-0.2, -0.15) is 4.99 Å². The molecule has 1 aromatic carbocycles. The average molecular weight is 310 g/mol. The van der Waals surface area contributed by atoms with E-state index < -0.39 is 10.0 Å². The molecule has 21 heavy (non-hydrogen) atoms. The molecular formula is C14H18N2O4S. The van der Waals surface area contributed by atoms with Gasteiger partial charge in [-0.25, -0.2) is 8.42 Å². The topological polar surface area (TPSA) is 79.2 Å². The Morgan fingerprint density at radius 2 is 1.81 bits per heavy atom. The van der Waals surface area contributed by atoms with Crippen molar-refractivity contribution in [3.8, 4) is 0 Å². The van der Waals surface area contributed by atoms with Gasteiger partial charge in [0.25, 0.3) is 10.0 Å². The first-order chi connectivity index (χ1) is 9.61. The van der Waals surface area contributed by atoms with Gasteiger partial charge in [0.05, 0.1) is 6.26 Å². The third-order valence-corrected chi connectivity index (χ3v) is 3.30. The normalized spacial score (nSPS) is 11.9. The summed E-state index contributed by atoms with van der Waals surface area (Å²) < 4.78 is 27.6. The van der Waals surface area contributed by atoms with Crippen LogP contribution in [0.3, 0.4) is 0 Å². The highest BCUT2D eigenvalue weighted by molar-refractivity contribution is 7.88. The molecule has 0 bridgehead atoms. The molecule has 0 amide bonds. The smallest absolute Gasteiger partial charge is 0.255 e. The summed E-state index contributed by atoms with van der Waals surface area (Å²) in [5, 5.41) is 9.35.